The molecule has 0 fully saturated rings. The van der Waals surface area contributed by atoms with Crippen LogP contribution >= 0.6 is 11.8 Å². The molecule has 4 heteroatoms. The Bertz CT molecular complexity index is 328. The van der Waals surface area contributed by atoms with Crippen molar-refractivity contribution in [2.24, 2.45) is 0 Å². The molecule has 3 nitrogen and oxygen atoms in total. The average Bonchev–Trinajstić information content (AvgIpc) is 2.21. The number of benzene rings is 1. The Morgan fingerprint density at radius 1 is 1.47 bits per heavy atom. The van der Waals surface area contributed by atoms with Crippen molar-refractivity contribution in [3.8, 4) is 0 Å². The first-order valence-corrected chi connectivity index (χ1v) is 5.85. The van der Waals surface area contributed by atoms with Crippen LogP contribution in [0.4, 0.5) is 5.69 Å². The molecule has 0 unspecified atom stereocenters. The van der Waals surface area contributed by atoms with Gasteiger partial charge in [-0.15, -0.1) is 0 Å². The molecular weight excluding hydrogens is 210 g/mol. The molecule has 0 aliphatic carbocycles. The van der Waals surface area contributed by atoms with Gasteiger partial charge in [0.2, 0.25) is 0 Å². The SMILES string of the molecule is CCCC(=O)OCSc1ccccc1N. The lowest BCUT2D eigenvalue weighted by Crippen LogP contribution is -2.02. The number of carbonyl (C=O) groups excluding carboxylic acids is 1. The molecule has 0 saturated carbocycles. The lowest BCUT2D eigenvalue weighted by atomic mass is 10.3. The highest BCUT2D eigenvalue weighted by atomic mass is 32.2. The zero-order chi connectivity index (χ0) is 11.1. The Hall–Kier alpha value is -1.16. The number of carbonyl (C=O) groups is 1. The van der Waals surface area contributed by atoms with Crippen LogP contribution in [0, 0.1) is 0 Å². The van der Waals surface area contributed by atoms with E-state index in [1.165, 1.54) is 11.8 Å². The van der Waals surface area contributed by atoms with E-state index >= 15 is 0 Å². The van der Waals surface area contributed by atoms with Crippen LogP contribution < -0.4 is 5.73 Å². The third kappa shape index (κ3) is 4.25. The Balaban J connectivity index is 2.32. The van der Waals surface area contributed by atoms with Gasteiger partial charge in [-0.1, -0.05) is 30.8 Å². The number of nitrogens with two attached hydrogens (primary N) is 1. The van der Waals surface area contributed by atoms with E-state index < -0.39 is 0 Å². The second kappa shape index (κ2) is 6.35. The fourth-order valence-corrected chi connectivity index (χ4v) is 1.77. The molecule has 82 valence electrons. The molecule has 1 aromatic rings. The van der Waals surface area contributed by atoms with Gasteiger partial charge in [-0.2, -0.15) is 0 Å². The highest BCUT2D eigenvalue weighted by molar-refractivity contribution is 7.99. The lowest BCUT2D eigenvalue weighted by Gasteiger charge is -2.05. The van der Waals surface area contributed by atoms with Crippen LogP contribution in [0.25, 0.3) is 0 Å². The molecule has 0 amide bonds. The van der Waals surface area contributed by atoms with Crippen molar-refractivity contribution in [3.63, 3.8) is 0 Å². The second-order valence-corrected chi connectivity index (χ2v) is 4.03. The maximum absolute atomic E-state index is 11.1. The van der Waals surface area contributed by atoms with Gasteiger partial charge in [0.15, 0.2) is 0 Å². The summed E-state index contributed by atoms with van der Waals surface area (Å²) < 4.78 is 5.01. The summed E-state index contributed by atoms with van der Waals surface area (Å²) in [7, 11) is 0. The average molecular weight is 225 g/mol. The number of para-hydroxylation sites is 1. The predicted octanol–water partition coefficient (Wildman–Crippen LogP) is 2.66. The minimum atomic E-state index is -0.153. The summed E-state index contributed by atoms with van der Waals surface area (Å²) in [6.45, 7) is 1.95. The van der Waals surface area contributed by atoms with Gasteiger partial charge in [-0.05, 0) is 18.6 Å². The standard InChI is InChI=1S/C11H15NO2S/c1-2-5-11(13)14-8-15-10-7-4-3-6-9(10)12/h3-4,6-7H,2,5,8,12H2,1H3. The van der Waals surface area contributed by atoms with Crippen molar-refractivity contribution in [2.45, 2.75) is 24.7 Å². The zero-order valence-electron chi connectivity index (χ0n) is 8.73. The van der Waals surface area contributed by atoms with Crippen molar-refractivity contribution in [1.29, 1.82) is 0 Å². The zero-order valence-corrected chi connectivity index (χ0v) is 9.55. The number of nitrogen functional groups attached to an aromatic ring is 1. The molecule has 0 aromatic heterocycles. The van der Waals surface area contributed by atoms with E-state index in [9.17, 15) is 4.79 Å². The molecule has 1 aromatic carbocycles. The summed E-state index contributed by atoms with van der Waals surface area (Å²) in [5.74, 6) is 0.173. The van der Waals surface area contributed by atoms with Gasteiger partial charge in [0.05, 0.1) is 0 Å². The number of esters is 1. The maximum Gasteiger partial charge on any atom is 0.306 e. The normalized spacial score (nSPS) is 9.93. The van der Waals surface area contributed by atoms with E-state index in [0.717, 1.165) is 11.3 Å². The van der Waals surface area contributed by atoms with Crippen molar-refractivity contribution < 1.29 is 9.53 Å². The van der Waals surface area contributed by atoms with Crippen molar-refractivity contribution in [3.05, 3.63) is 24.3 Å². The number of hydrogen-bond acceptors (Lipinski definition) is 4. The third-order valence-electron chi connectivity index (χ3n) is 1.81. The Morgan fingerprint density at radius 3 is 2.87 bits per heavy atom. The lowest BCUT2D eigenvalue weighted by molar-refractivity contribution is -0.141. The summed E-state index contributed by atoms with van der Waals surface area (Å²) in [5.41, 5.74) is 6.45. The number of ether oxygens (including phenoxy) is 1. The molecule has 0 spiro atoms. The van der Waals surface area contributed by atoms with Gasteiger partial charge in [0, 0.05) is 17.0 Å². The highest BCUT2D eigenvalue weighted by Gasteiger charge is 2.02. The minimum Gasteiger partial charge on any atom is -0.454 e. The largest absolute Gasteiger partial charge is 0.454 e. The second-order valence-electron chi connectivity index (χ2n) is 3.07. The summed E-state index contributed by atoms with van der Waals surface area (Å²) >= 11 is 1.43. The Morgan fingerprint density at radius 2 is 2.20 bits per heavy atom. The van der Waals surface area contributed by atoms with Crippen molar-refractivity contribution in [2.75, 3.05) is 11.7 Å². The summed E-state index contributed by atoms with van der Waals surface area (Å²) in [5, 5.41) is 0. The molecule has 15 heavy (non-hydrogen) atoms. The number of hydrogen-bond donors (Lipinski definition) is 1. The first kappa shape index (κ1) is 11.9. The van der Waals surface area contributed by atoms with Crippen molar-refractivity contribution in [1.82, 2.24) is 0 Å². The van der Waals surface area contributed by atoms with Gasteiger partial charge in [0.25, 0.3) is 0 Å². The topological polar surface area (TPSA) is 52.3 Å². The molecule has 0 atom stereocenters. The first-order valence-electron chi connectivity index (χ1n) is 4.87. The summed E-state index contributed by atoms with van der Waals surface area (Å²) in [6.07, 6.45) is 1.29. The van der Waals surface area contributed by atoms with Gasteiger partial charge >= 0.3 is 5.97 Å². The first-order chi connectivity index (χ1) is 7.24. The fraction of sp³-hybridized carbons (Fsp3) is 0.364. The van der Waals surface area contributed by atoms with Crippen LogP contribution in [-0.4, -0.2) is 11.9 Å². The summed E-state index contributed by atoms with van der Waals surface area (Å²) in [4.78, 5) is 12.0. The Kier molecular flexibility index (Phi) is 5.04. The van der Waals surface area contributed by atoms with Crippen LogP contribution in [0.15, 0.2) is 29.2 Å². The molecule has 0 heterocycles. The third-order valence-corrected chi connectivity index (χ3v) is 2.73. The van der Waals surface area contributed by atoms with Gasteiger partial charge < -0.3 is 10.5 Å². The fourth-order valence-electron chi connectivity index (χ4n) is 1.05. The van der Waals surface area contributed by atoms with Gasteiger partial charge in [0.1, 0.15) is 5.94 Å². The van der Waals surface area contributed by atoms with Gasteiger partial charge in [-0.25, -0.2) is 0 Å². The van der Waals surface area contributed by atoms with E-state index in [1.807, 2.05) is 31.2 Å². The van der Waals surface area contributed by atoms with Crippen LogP contribution in [0.1, 0.15) is 19.8 Å². The van der Waals surface area contributed by atoms with E-state index in [1.54, 1.807) is 0 Å². The van der Waals surface area contributed by atoms with Crippen molar-refractivity contribution >= 4 is 23.4 Å². The smallest absolute Gasteiger partial charge is 0.306 e. The number of thioether (sulfide) groups is 1. The predicted molar refractivity (Wildman–Crippen MR) is 62.6 cm³/mol. The van der Waals surface area contributed by atoms with E-state index in [2.05, 4.69) is 0 Å². The quantitative estimate of drug-likeness (QED) is 0.362. The Labute approximate surface area is 94.0 Å². The molecule has 0 bridgehead atoms. The molecular formula is C11H15NO2S. The van der Waals surface area contributed by atoms with E-state index in [0.29, 0.717) is 18.0 Å². The van der Waals surface area contributed by atoms with Crippen LogP contribution in [0.3, 0.4) is 0 Å². The van der Waals surface area contributed by atoms with E-state index in [-0.39, 0.29) is 5.97 Å². The maximum atomic E-state index is 11.1. The number of anilines is 1. The highest BCUT2D eigenvalue weighted by Crippen LogP contribution is 2.24. The van der Waals surface area contributed by atoms with Gasteiger partial charge in [-0.3, -0.25) is 4.79 Å². The molecule has 1 rings (SSSR count). The molecule has 0 aliphatic rings. The molecule has 0 radical (unpaired) electrons. The van der Waals surface area contributed by atoms with Crippen LogP contribution in [-0.2, 0) is 9.53 Å². The minimum absolute atomic E-state index is 0.153. The molecule has 0 saturated heterocycles. The molecule has 2 N–H and O–H groups in total. The van der Waals surface area contributed by atoms with Crippen LogP contribution in [0.2, 0.25) is 0 Å². The summed E-state index contributed by atoms with van der Waals surface area (Å²) in [6, 6.07) is 7.53. The van der Waals surface area contributed by atoms with Crippen LogP contribution in [0.5, 0.6) is 0 Å². The monoisotopic (exact) mass is 225 g/mol. The van der Waals surface area contributed by atoms with E-state index in [4.69, 9.17) is 10.5 Å². The number of rotatable bonds is 5. The molecule has 0 aliphatic heterocycles.